The molecule has 0 saturated heterocycles. The summed E-state index contributed by atoms with van der Waals surface area (Å²) in [4.78, 5) is 23.4. The molecular weight excluding hydrogens is 252 g/mol. The molecule has 110 valence electrons. The Hall–Kier alpha value is -1.84. The molecule has 2 amide bonds. The third-order valence-electron chi connectivity index (χ3n) is 3.31. The molecule has 0 heterocycles. The number of nitrogens with one attached hydrogen (secondary N) is 2. The van der Waals surface area contributed by atoms with Gasteiger partial charge in [-0.15, -0.1) is 0 Å². The third kappa shape index (κ3) is 5.87. The van der Waals surface area contributed by atoms with E-state index in [1.165, 1.54) is 0 Å². The monoisotopic (exact) mass is 276 g/mol. The van der Waals surface area contributed by atoms with Gasteiger partial charge in [0.25, 0.3) is 0 Å². The van der Waals surface area contributed by atoms with Crippen molar-refractivity contribution in [3.8, 4) is 0 Å². The van der Waals surface area contributed by atoms with E-state index in [0.717, 1.165) is 18.4 Å². The first-order chi connectivity index (χ1) is 9.67. The van der Waals surface area contributed by atoms with E-state index in [-0.39, 0.29) is 17.7 Å². The first kappa shape index (κ1) is 16.2. The fourth-order valence-electron chi connectivity index (χ4n) is 2.04. The van der Waals surface area contributed by atoms with E-state index in [2.05, 4.69) is 10.6 Å². The van der Waals surface area contributed by atoms with Crippen LogP contribution in [-0.4, -0.2) is 24.9 Å². The van der Waals surface area contributed by atoms with Crippen LogP contribution in [0, 0.1) is 5.92 Å². The highest BCUT2D eigenvalue weighted by molar-refractivity contribution is 5.79. The molecule has 2 N–H and O–H groups in total. The summed E-state index contributed by atoms with van der Waals surface area (Å²) in [6.07, 6.45) is 2.08. The van der Waals surface area contributed by atoms with Crippen LogP contribution < -0.4 is 10.6 Å². The Morgan fingerprint density at radius 3 is 2.20 bits per heavy atom. The first-order valence-electron chi connectivity index (χ1n) is 7.25. The Morgan fingerprint density at radius 2 is 1.60 bits per heavy atom. The number of rotatable bonds is 8. The third-order valence-corrected chi connectivity index (χ3v) is 3.31. The topological polar surface area (TPSA) is 58.2 Å². The predicted molar refractivity (Wildman–Crippen MR) is 80.2 cm³/mol. The molecule has 0 aromatic heterocycles. The maximum atomic E-state index is 11.7. The summed E-state index contributed by atoms with van der Waals surface area (Å²) in [5.41, 5.74) is 0.992. The molecule has 20 heavy (non-hydrogen) atoms. The fourth-order valence-corrected chi connectivity index (χ4v) is 2.04. The predicted octanol–water partition coefficient (Wildman–Crippen LogP) is 1.90. The number of hydrogen-bond donors (Lipinski definition) is 2. The van der Waals surface area contributed by atoms with E-state index in [0.29, 0.717) is 19.5 Å². The Bertz CT molecular complexity index is 414. The summed E-state index contributed by atoms with van der Waals surface area (Å²) in [7, 11) is 0. The lowest BCUT2D eigenvalue weighted by Gasteiger charge is -2.13. The van der Waals surface area contributed by atoms with Gasteiger partial charge < -0.3 is 10.6 Å². The molecule has 1 aromatic rings. The second-order valence-electron chi connectivity index (χ2n) is 4.82. The van der Waals surface area contributed by atoms with E-state index in [9.17, 15) is 9.59 Å². The molecule has 1 aromatic carbocycles. The van der Waals surface area contributed by atoms with Crippen molar-refractivity contribution in [3.63, 3.8) is 0 Å². The zero-order valence-electron chi connectivity index (χ0n) is 12.3. The Kier molecular flexibility index (Phi) is 7.40. The molecule has 0 atom stereocenters. The zero-order chi connectivity index (χ0) is 14.8. The van der Waals surface area contributed by atoms with E-state index < -0.39 is 0 Å². The molecule has 4 heteroatoms. The average molecular weight is 276 g/mol. The molecular formula is C16H24N2O2. The summed E-state index contributed by atoms with van der Waals surface area (Å²) in [6, 6.07) is 9.61. The van der Waals surface area contributed by atoms with Crippen molar-refractivity contribution in [1.29, 1.82) is 0 Å². The summed E-state index contributed by atoms with van der Waals surface area (Å²) in [6.45, 7) is 4.97. The Balaban J connectivity index is 2.18. The summed E-state index contributed by atoms with van der Waals surface area (Å²) in [5, 5.41) is 5.66. The Labute approximate surface area is 121 Å². The highest BCUT2D eigenvalue weighted by Crippen LogP contribution is 2.06. The number of carbonyl (C=O) groups excluding carboxylic acids is 2. The summed E-state index contributed by atoms with van der Waals surface area (Å²) in [5.74, 6) is 0.135. The minimum atomic E-state index is -0.0204. The largest absolute Gasteiger partial charge is 0.354 e. The van der Waals surface area contributed by atoms with Crippen LogP contribution in [-0.2, 0) is 16.0 Å². The van der Waals surface area contributed by atoms with Gasteiger partial charge >= 0.3 is 0 Å². The van der Waals surface area contributed by atoms with Crippen molar-refractivity contribution < 1.29 is 9.59 Å². The number of hydrogen-bond acceptors (Lipinski definition) is 2. The summed E-state index contributed by atoms with van der Waals surface area (Å²) >= 11 is 0. The quantitative estimate of drug-likeness (QED) is 0.712. The number of amides is 2. The molecule has 0 spiro atoms. The van der Waals surface area contributed by atoms with E-state index in [4.69, 9.17) is 0 Å². The van der Waals surface area contributed by atoms with Crippen LogP contribution in [0.5, 0.6) is 0 Å². The van der Waals surface area contributed by atoms with Crippen molar-refractivity contribution in [2.45, 2.75) is 33.1 Å². The van der Waals surface area contributed by atoms with Crippen LogP contribution in [0.15, 0.2) is 30.3 Å². The zero-order valence-corrected chi connectivity index (χ0v) is 12.3. The summed E-state index contributed by atoms with van der Waals surface area (Å²) < 4.78 is 0. The van der Waals surface area contributed by atoms with E-state index >= 15 is 0 Å². The van der Waals surface area contributed by atoms with Crippen molar-refractivity contribution in [3.05, 3.63) is 35.9 Å². The molecule has 0 saturated carbocycles. The van der Waals surface area contributed by atoms with Gasteiger partial charge in [0.05, 0.1) is 6.42 Å². The molecule has 0 aliphatic carbocycles. The van der Waals surface area contributed by atoms with Crippen molar-refractivity contribution in [1.82, 2.24) is 10.6 Å². The standard InChI is InChI=1S/C16H24N2O2/c1-3-14(4-2)16(20)18-11-10-17-15(19)12-13-8-6-5-7-9-13/h5-9,14H,3-4,10-12H2,1-2H3,(H,17,19)(H,18,20). The van der Waals surface area contributed by atoms with Crippen LogP contribution in [0.1, 0.15) is 32.3 Å². The molecule has 0 radical (unpaired) electrons. The first-order valence-corrected chi connectivity index (χ1v) is 7.25. The molecule has 0 bridgehead atoms. The van der Waals surface area contributed by atoms with Gasteiger partial charge in [-0.3, -0.25) is 9.59 Å². The van der Waals surface area contributed by atoms with Gasteiger partial charge in [0, 0.05) is 19.0 Å². The fraction of sp³-hybridized carbons (Fsp3) is 0.500. The highest BCUT2D eigenvalue weighted by atomic mass is 16.2. The van der Waals surface area contributed by atoms with E-state index in [1.54, 1.807) is 0 Å². The van der Waals surface area contributed by atoms with Crippen LogP contribution >= 0.6 is 0 Å². The van der Waals surface area contributed by atoms with Crippen LogP contribution in [0.3, 0.4) is 0 Å². The van der Waals surface area contributed by atoms with Gasteiger partial charge in [-0.2, -0.15) is 0 Å². The average Bonchev–Trinajstić information content (AvgIpc) is 2.46. The lowest BCUT2D eigenvalue weighted by atomic mass is 10.0. The maximum Gasteiger partial charge on any atom is 0.224 e. The maximum absolute atomic E-state index is 11.7. The van der Waals surface area contributed by atoms with Gasteiger partial charge in [-0.1, -0.05) is 44.2 Å². The molecule has 0 fully saturated rings. The van der Waals surface area contributed by atoms with Crippen LogP contribution in [0.2, 0.25) is 0 Å². The number of benzene rings is 1. The minimum absolute atomic E-state index is 0.0204. The molecule has 0 aliphatic heterocycles. The molecule has 1 rings (SSSR count). The molecule has 0 unspecified atom stereocenters. The van der Waals surface area contributed by atoms with Gasteiger partial charge in [-0.25, -0.2) is 0 Å². The molecule has 4 nitrogen and oxygen atoms in total. The lowest BCUT2D eigenvalue weighted by molar-refractivity contribution is -0.125. The van der Waals surface area contributed by atoms with Crippen molar-refractivity contribution >= 4 is 11.8 Å². The molecule has 0 aliphatic rings. The van der Waals surface area contributed by atoms with Crippen LogP contribution in [0.25, 0.3) is 0 Å². The van der Waals surface area contributed by atoms with Crippen molar-refractivity contribution in [2.24, 2.45) is 5.92 Å². The van der Waals surface area contributed by atoms with Crippen LogP contribution in [0.4, 0.5) is 0 Å². The lowest BCUT2D eigenvalue weighted by Crippen LogP contribution is -2.37. The number of carbonyl (C=O) groups is 2. The normalized spacial score (nSPS) is 10.3. The van der Waals surface area contributed by atoms with Crippen molar-refractivity contribution in [2.75, 3.05) is 13.1 Å². The minimum Gasteiger partial charge on any atom is -0.354 e. The second-order valence-corrected chi connectivity index (χ2v) is 4.82. The van der Waals surface area contributed by atoms with Gasteiger partial charge in [0.2, 0.25) is 11.8 Å². The van der Waals surface area contributed by atoms with Gasteiger partial charge in [-0.05, 0) is 18.4 Å². The SMILES string of the molecule is CCC(CC)C(=O)NCCNC(=O)Cc1ccccc1. The van der Waals surface area contributed by atoms with E-state index in [1.807, 2.05) is 44.2 Å². The second kappa shape index (κ2) is 9.13. The smallest absolute Gasteiger partial charge is 0.224 e. The highest BCUT2D eigenvalue weighted by Gasteiger charge is 2.12. The van der Waals surface area contributed by atoms with Gasteiger partial charge in [0.15, 0.2) is 0 Å². The Morgan fingerprint density at radius 1 is 1.00 bits per heavy atom. The van der Waals surface area contributed by atoms with Gasteiger partial charge in [0.1, 0.15) is 0 Å².